The van der Waals surface area contributed by atoms with E-state index in [1.807, 2.05) is 0 Å². The number of nitrogens with one attached hydrogen (secondary N) is 1. The van der Waals surface area contributed by atoms with Gasteiger partial charge in [0.25, 0.3) is 0 Å². The number of hydrogen-bond acceptors (Lipinski definition) is 4. The molecule has 0 radical (unpaired) electrons. The van der Waals surface area contributed by atoms with Crippen molar-refractivity contribution in [1.82, 2.24) is 15.0 Å². The van der Waals surface area contributed by atoms with E-state index in [2.05, 4.69) is 15.0 Å². The van der Waals surface area contributed by atoms with Gasteiger partial charge < -0.3 is 9.72 Å². The SMILES string of the molecule is O=C(c1ccc(Oc2cccnc2)cc1Cl)c1c[nH]c2nccc(Cl)c12. The van der Waals surface area contributed by atoms with Crippen molar-refractivity contribution in [2.45, 2.75) is 0 Å². The van der Waals surface area contributed by atoms with Gasteiger partial charge in [0.1, 0.15) is 17.1 Å². The Labute approximate surface area is 158 Å². The van der Waals surface area contributed by atoms with Crippen LogP contribution in [0.25, 0.3) is 11.0 Å². The van der Waals surface area contributed by atoms with Gasteiger partial charge in [0, 0.05) is 35.6 Å². The van der Waals surface area contributed by atoms with Crippen LogP contribution >= 0.6 is 23.2 Å². The number of ketones is 1. The number of fused-ring (bicyclic) bond motifs is 1. The van der Waals surface area contributed by atoms with Crippen LogP contribution in [0.5, 0.6) is 11.5 Å². The summed E-state index contributed by atoms with van der Waals surface area (Å²) in [7, 11) is 0. The van der Waals surface area contributed by atoms with Gasteiger partial charge in [-0.25, -0.2) is 4.98 Å². The molecule has 0 fully saturated rings. The first-order chi connectivity index (χ1) is 12.6. The number of pyridine rings is 2. The van der Waals surface area contributed by atoms with E-state index >= 15 is 0 Å². The molecule has 0 unspecified atom stereocenters. The molecule has 0 bridgehead atoms. The average Bonchev–Trinajstić information content (AvgIpc) is 3.08. The van der Waals surface area contributed by atoms with Gasteiger partial charge in [-0.15, -0.1) is 0 Å². The molecule has 5 nitrogen and oxygen atoms in total. The van der Waals surface area contributed by atoms with Crippen LogP contribution in [0.15, 0.2) is 61.2 Å². The van der Waals surface area contributed by atoms with Crippen LogP contribution in [0.1, 0.15) is 15.9 Å². The summed E-state index contributed by atoms with van der Waals surface area (Å²) in [4.78, 5) is 24.0. The number of carbonyl (C=O) groups is 1. The Balaban J connectivity index is 1.68. The zero-order chi connectivity index (χ0) is 18.1. The highest BCUT2D eigenvalue weighted by Gasteiger charge is 2.19. The van der Waals surface area contributed by atoms with Crippen LogP contribution in [0, 0.1) is 0 Å². The molecule has 26 heavy (non-hydrogen) atoms. The normalized spacial score (nSPS) is 10.8. The van der Waals surface area contributed by atoms with Crippen molar-refractivity contribution in [3.63, 3.8) is 0 Å². The molecule has 1 N–H and O–H groups in total. The van der Waals surface area contributed by atoms with E-state index in [1.165, 1.54) is 0 Å². The second kappa shape index (κ2) is 6.78. The summed E-state index contributed by atoms with van der Waals surface area (Å²) in [6.07, 6.45) is 6.41. The Kier molecular flexibility index (Phi) is 4.32. The Morgan fingerprint density at radius 2 is 1.88 bits per heavy atom. The molecule has 0 aliphatic rings. The summed E-state index contributed by atoms with van der Waals surface area (Å²) in [5.41, 5.74) is 1.32. The van der Waals surface area contributed by atoms with E-state index in [0.29, 0.717) is 38.7 Å². The summed E-state index contributed by atoms with van der Waals surface area (Å²) in [6.45, 7) is 0. The van der Waals surface area contributed by atoms with Crippen molar-refractivity contribution in [2.75, 3.05) is 0 Å². The molecule has 0 amide bonds. The van der Waals surface area contributed by atoms with E-state index in [4.69, 9.17) is 27.9 Å². The Morgan fingerprint density at radius 3 is 2.65 bits per heavy atom. The molecule has 0 spiro atoms. The van der Waals surface area contributed by atoms with Crippen LogP contribution in [0.4, 0.5) is 0 Å². The number of ether oxygens (including phenoxy) is 1. The minimum absolute atomic E-state index is 0.246. The number of hydrogen-bond donors (Lipinski definition) is 1. The van der Waals surface area contributed by atoms with E-state index in [9.17, 15) is 4.79 Å². The Hall–Kier alpha value is -2.89. The highest BCUT2D eigenvalue weighted by atomic mass is 35.5. The number of halogens is 2. The number of nitrogens with zero attached hydrogens (tertiary/aromatic N) is 2. The molecule has 4 aromatic rings. The van der Waals surface area contributed by atoms with Crippen LogP contribution in [0.3, 0.4) is 0 Å². The average molecular weight is 384 g/mol. The Bertz CT molecular complexity index is 1110. The standard InChI is InChI=1S/C19H11Cl2N3O2/c20-15-5-7-23-19-17(15)14(10-24-19)18(25)13-4-3-11(8-16(13)21)26-12-2-1-6-22-9-12/h1-10H,(H,23,24). The van der Waals surface area contributed by atoms with E-state index in [0.717, 1.165) is 0 Å². The molecule has 4 rings (SSSR count). The first kappa shape index (κ1) is 16.6. The lowest BCUT2D eigenvalue weighted by atomic mass is 10.0. The second-order valence-corrected chi connectivity index (χ2v) is 6.29. The summed E-state index contributed by atoms with van der Waals surface area (Å²) in [5, 5.41) is 1.31. The Morgan fingerprint density at radius 1 is 1.00 bits per heavy atom. The topological polar surface area (TPSA) is 67.9 Å². The molecule has 0 saturated heterocycles. The third-order valence-corrected chi connectivity index (χ3v) is 4.45. The molecule has 3 heterocycles. The predicted octanol–water partition coefficient (Wildman–Crippen LogP) is 5.29. The van der Waals surface area contributed by atoms with Gasteiger partial charge in [-0.3, -0.25) is 9.78 Å². The lowest BCUT2D eigenvalue weighted by Gasteiger charge is -2.08. The van der Waals surface area contributed by atoms with Crippen LogP contribution in [-0.4, -0.2) is 20.7 Å². The third-order valence-electron chi connectivity index (χ3n) is 3.82. The molecule has 7 heteroatoms. The molecule has 0 saturated carbocycles. The minimum Gasteiger partial charge on any atom is -0.456 e. The van der Waals surface area contributed by atoms with Gasteiger partial charge in [0.2, 0.25) is 0 Å². The van der Waals surface area contributed by atoms with Crippen LogP contribution in [-0.2, 0) is 0 Å². The summed E-state index contributed by atoms with van der Waals surface area (Å²) in [5.74, 6) is 0.847. The predicted molar refractivity (Wildman–Crippen MR) is 100 cm³/mol. The second-order valence-electron chi connectivity index (χ2n) is 5.48. The van der Waals surface area contributed by atoms with Gasteiger partial charge in [-0.2, -0.15) is 0 Å². The molecular formula is C19H11Cl2N3O2. The minimum atomic E-state index is -0.246. The van der Waals surface area contributed by atoms with Crippen molar-refractivity contribution in [3.8, 4) is 11.5 Å². The van der Waals surface area contributed by atoms with E-state index in [-0.39, 0.29) is 10.8 Å². The number of benzene rings is 1. The number of carbonyl (C=O) groups excluding carboxylic acids is 1. The molecule has 128 valence electrons. The quantitative estimate of drug-likeness (QED) is 0.486. The number of rotatable bonds is 4. The lowest BCUT2D eigenvalue weighted by molar-refractivity contribution is 0.104. The fraction of sp³-hybridized carbons (Fsp3) is 0. The monoisotopic (exact) mass is 383 g/mol. The maximum absolute atomic E-state index is 12.9. The highest BCUT2D eigenvalue weighted by molar-refractivity contribution is 6.39. The maximum atomic E-state index is 12.9. The van der Waals surface area contributed by atoms with E-state index in [1.54, 1.807) is 61.2 Å². The molecule has 0 aliphatic carbocycles. The maximum Gasteiger partial charge on any atom is 0.196 e. The van der Waals surface area contributed by atoms with Gasteiger partial charge in [0.15, 0.2) is 5.78 Å². The highest BCUT2D eigenvalue weighted by Crippen LogP contribution is 2.31. The van der Waals surface area contributed by atoms with Crippen molar-refractivity contribution < 1.29 is 9.53 Å². The number of aromatic amines is 1. The van der Waals surface area contributed by atoms with Gasteiger partial charge in [0.05, 0.1) is 21.8 Å². The number of aromatic nitrogens is 3. The summed E-state index contributed by atoms with van der Waals surface area (Å²) >= 11 is 12.5. The van der Waals surface area contributed by atoms with E-state index < -0.39 is 0 Å². The largest absolute Gasteiger partial charge is 0.456 e. The molecule has 3 aromatic heterocycles. The molecular weight excluding hydrogens is 373 g/mol. The van der Waals surface area contributed by atoms with Crippen LogP contribution < -0.4 is 4.74 Å². The summed E-state index contributed by atoms with van der Waals surface area (Å²) < 4.78 is 5.68. The van der Waals surface area contributed by atoms with Crippen molar-refractivity contribution in [1.29, 1.82) is 0 Å². The van der Waals surface area contributed by atoms with Crippen LogP contribution in [0.2, 0.25) is 10.0 Å². The van der Waals surface area contributed by atoms with Crippen molar-refractivity contribution in [3.05, 3.63) is 82.4 Å². The number of H-pyrrole nitrogens is 1. The fourth-order valence-electron chi connectivity index (χ4n) is 2.63. The first-order valence-electron chi connectivity index (χ1n) is 7.67. The summed E-state index contributed by atoms with van der Waals surface area (Å²) in [6, 6.07) is 10.1. The first-order valence-corrected chi connectivity index (χ1v) is 8.43. The zero-order valence-electron chi connectivity index (χ0n) is 13.2. The smallest absolute Gasteiger partial charge is 0.196 e. The zero-order valence-corrected chi connectivity index (χ0v) is 14.8. The fourth-order valence-corrected chi connectivity index (χ4v) is 3.13. The van der Waals surface area contributed by atoms with Gasteiger partial charge in [-0.05, 0) is 30.3 Å². The molecule has 0 aliphatic heterocycles. The third kappa shape index (κ3) is 3.03. The van der Waals surface area contributed by atoms with Crippen molar-refractivity contribution >= 4 is 40.0 Å². The molecule has 0 atom stereocenters. The lowest BCUT2D eigenvalue weighted by Crippen LogP contribution is -2.02. The molecule has 1 aromatic carbocycles. The van der Waals surface area contributed by atoms with Gasteiger partial charge >= 0.3 is 0 Å². The van der Waals surface area contributed by atoms with Crippen molar-refractivity contribution in [2.24, 2.45) is 0 Å². The van der Waals surface area contributed by atoms with Gasteiger partial charge in [-0.1, -0.05) is 23.2 Å².